The van der Waals surface area contributed by atoms with Crippen LogP contribution in [-0.4, -0.2) is 30.8 Å². The van der Waals surface area contributed by atoms with Gasteiger partial charge in [0.2, 0.25) is 5.91 Å². The number of carbonyl (C=O) groups excluding carboxylic acids is 3. The third kappa shape index (κ3) is 6.22. The van der Waals surface area contributed by atoms with Gasteiger partial charge in [-0.05, 0) is 42.5 Å². The smallest absolute Gasteiger partial charge is 0.251 e. The van der Waals surface area contributed by atoms with E-state index < -0.39 is 11.7 Å². The molecule has 0 aliphatic heterocycles. The number of rotatable bonds is 7. The quantitative estimate of drug-likeness (QED) is 0.654. The minimum absolute atomic E-state index is 0.0961. The van der Waals surface area contributed by atoms with Crippen molar-refractivity contribution in [2.45, 2.75) is 13.8 Å². The van der Waals surface area contributed by atoms with Crippen LogP contribution in [0.1, 0.15) is 34.6 Å². The number of carbonyl (C=O) groups is 3. The zero-order valence-corrected chi connectivity index (χ0v) is 15.2. The predicted molar refractivity (Wildman–Crippen MR) is 101 cm³/mol. The van der Waals surface area contributed by atoms with Gasteiger partial charge in [0.25, 0.3) is 11.8 Å². The molecule has 0 aliphatic rings. The maximum absolute atomic E-state index is 13.1. The summed E-state index contributed by atoms with van der Waals surface area (Å²) in [6.07, 6.45) is 0. The zero-order valence-electron chi connectivity index (χ0n) is 15.2. The number of hydrogen-bond acceptors (Lipinski definition) is 3. The Bertz CT molecular complexity index is 819. The van der Waals surface area contributed by atoms with Gasteiger partial charge in [-0.15, -0.1) is 0 Å². The van der Waals surface area contributed by atoms with Gasteiger partial charge in [0, 0.05) is 35.8 Å². The molecule has 7 heteroatoms. The highest BCUT2D eigenvalue weighted by molar-refractivity contribution is 5.96. The van der Waals surface area contributed by atoms with E-state index in [4.69, 9.17) is 0 Å². The monoisotopic (exact) mass is 371 g/mol. The Hall–Kier alpha value is -3.22. The van der Waals surface area contributed by atoms with Crippen molar-refractivity contribution in [3.8, 4) is 0 Å². The van der Waals surface area contributed by atoms with E-state index in [1.54, 1.807) is 38.1 Å². The van der Waals surface area contributed by atoms with Gasteiger partial charge in [-0.3, -0.25) is 14.4 Å². The molecule has 3 N–H and O–H groups in total. The second kappa shape index (κ2) is 9.47. The molecule has 0 atom stereocenters. The molecule has 0 fully saturated rings. The predicted octanol–water partition coefficient (Wildman–Crippen LogP) is 2.58. The summed E-state index contributed by atoms with van der Waals surface area (Å²) in [5.41, 5.74) is 1.28. The molecule has 2 aromatic rings. The van der Waals surface area contributed by atoms with E-state index in [1.165, 1.54) is 18.2 Å². The van der Waals surface area contributed by atoms with Gasteiger partial charge in [-0.2, -0.15) is 0 Å². The van der Waals surface area contributed by atoms with Crippen LogP contribution in [-0.2, 0) is 4.79 Å². The maximum Gasteiger partial charge on any atom is 0.251 e. The number of benzene rings is 2. The number of anilines is 1. The normalized spacial score (nSPS) is 10.4. The van der Waals surface area contributed by atoms with E-state index in [9.17, 15) is 18.8 Å². The fourth-order valence-electron chi connectivity index (χ4n) is 2.18. The van der Waals surface area contributed by atoms with E-state index >= 15 is 0 Å². The molecular weight excluding hydrogens is 349 g/mol. The highest BCUT2D eigenvalue weighted by atomic mass is 19.1. The van der Waals surface area contributed by atoms with Crippen LogP contribution in [0.2, 0.25) is 0 Å². The molecule has 0 aliphatic carbocycles. The number of amides is 3. The summed E-state index contributed by atoms with van der Waals surface area (Å²) in [7, 11) is 0. The highest BCUT2D eigenvalue weighted by Gasteiger charge is 2.09. The average Bonchev–Trinajstić information content (AvgIpc) is 2.65. The highest BCUT2D eigenvalue weighted by Crippen LogP contribution is 2.11. The number of nitrogens with one attached hydrogen (secondary N) is 3. The number of hydrogen-bond donors (Lipinski definition) is 3. The Balaban J connectivity index is 1.77. The molecule has 2 rings (SSSR count). The van der Waals surface area contributed by atoms with Crippen LogP contribution < -0.4 is 16.0 Å². The minimum atomic E-state index is -0.482. The first-order valence-corrected chi connectivity index (χ1v) is 8.59. The lowest BCUT2D eigenvalue weighted by molar-refractivity contribution is -0.118. The second-order valence-corrected chi connectivity index (χ2v) is 6.24. The van der Waals surface area contributed by atoms with Gasteiger partial charge in [-0.25, -0.2) is 4.39 Å². The Morgan fingerprint density at radius 1 is 0.889 bits per heavy atom. The first kappa shape index (κ1) is 20.1. The van der Waals surface area contributed by atoms with Crippen LogP contribution in [0.4, 0.5) is 10.1 Å². The Morgan fingerprint density at radius 3 is 2.04 bits per heavy atom. The van der Waals surface area contributed by atoms with Crippen molar-refractivity contribution < 1.29 is 18.8 Å². The molecule has 0 heterocycles. The topological polar surface area (TPSA) is 87.3 Å². The van der Waals surface area contributed by atoms with Crippen LogP contribution >= 0.6 is 0 Å². The van der Waals surface area contributed by atoms with Crippen molar-refractivity contribution in [2.24, 2.45) is 5.92 Å². The van der Waals surface area contributed by atoms with E-state index in [0.29, 0.717) is 11.3 Å². The average molecular weight is 371 g/mol. The molecule has 2 aromatic carbocycles. The van der Waals surface area contributed by atoms with Crippen molar-refractivity contribution in [1.82, 2.24) is 10.6 Å². The molecule has 0 radical (unpaired) electrons. The fourth-order valence-corrected chi connectivity index (χ4v) is 2.18. The summed E-state index contributed by atoms with van der Waals surface area (Å²) < 4.78 is 13.1. The van der Waals surface area contributed by atoms with Crippen molar-refractivity contribution in [3.05, 3.63) is 65.5 Å². The summed E-state index contributed by atoms with van der Waals surface area (Å²) in [6.45, 7) is 4.03. The van der Waals surface area contributed by atoms with Gasteiger partial charge in [0.15, 0.2) is 0 Å². The molecular formula is C20H22FN3O3. The molecule has 0 saturated carbocycles. The van der Waals surface area contributed by atoms with Crippen LogP contribution in [0.25, 0.3) is 0 Å². The standard InChI is InChI=1S/C20H22FN3O3/c1-13(2)18(25)24-17-8-6-14(7-9-17)19(26)22-10-11-23-20(27)15-4-3-5-16(21)12-15/h3-9,12-13H,10-11H2,1-2H3,(H,22,26)(H,23,27)(H,24,25). The van der Waals surface area contributed by atoms with Crippen LogP contribution in [0, 0.1) is 11.7 Å². The van der Waals surface area contributed by atoms with Crippen LogP contribution in [0.15, 0.2) is 48.5 Å². The molecule has 0 bridgehead atoms. The Labute approximate surface area is 157 Å². The third-order valence-corrected chi connectivity index (χ3v) is 3.72. The van der Waals surface area contributed by atoms with E-state index in [2.05, 4.69) is 16.0 Å². The number of halogens is 1. The molecule has 3 amide bonds. The van der Waals surface area contributed by atoms with E-state index in [0.717, 1.165) is 6.07 Å². The lowest BCUT2D eigenvalue weighted by atomic mass is 10.1. The second-order valence-electron chi connectivity index (χ2n) is 6.24. The lowest BCUT2D eigenvalue weighted by Gasteiger charge is -2.09. The van der Waals surface area contributed by atoms with Gasteiger partial charge in [0.1, 0.15) is 5.82 Å². The van der Waals surface area contributed by atoms with E-state index in [1.807, 2.05) is 0 Å². The molecule has 0 unspecified atom stereocenters. The lowest BCUT2D eigenvalue weighted by Crippen LogP contribution is -2.34. The molecule has 6 nitrogen and oxygen atoms in total. The SMILES string of the molecule is CC(C)C(=O)Nc1ccc(C(=O)NCCNC(=O)c2cccc(F)c2)cc1. The largest absolute Gasteiger partial charge is 0.350 e. The van der Waals surface area contributed by atoms with Crippen molar-refractivity contribution >= 4 is 23.4 Å². The summed E-state index contributed by atoms with van der Waals surface area (Å²) in [4.78, 5) is 35.6. The minimum Gasteiger partial charge on any atom is -0.350 e. The third-order valence-electron chi connectivity index (χ3n) is 3.72. The fraction of sp³-hybridized carbons (Fsp3) is 0.250. The maximum atomic E-state index is 13.1. The summed E-state index contributed by atoms with van der Waals surface area (Å²) >= 11 is 0. The van der Waals surface area contributed by atoms with Crippen molar-refractivity contribution in [2.75, 3.05) is 18.4 Å². The van der Waals surface area contributed by atoms with Crippen molar-refractivity contribution in [3.63, 3.8) is 0 Å². The van der Waals surface area contributed by atoms with Gasteiger partial charge in [-0.1, -0.05) is 19.9 Å². The molecule has 142 valence electrons. The van der Waals surface area contributed by atoms with Gasteiger partial charge < -0.3 is 16.0 Å². The molecule has 27 heavy (non-hydrogen) atoms. The Morgan fingerprint density at radius 2 is 1.48 bits per heavy atom. The molecule has 0 spiro atoms. The molecule has 0 aromatic heterocycles. The zero-order chi connectivity index (χ0) is 19.8. The molecule has 0 saturated heterocycles. The van der Waals surface area contributed by atoms with Crippen LogP contribution in [0.3, 0.4) is 0 Å². The van der Waals surface area contributed by atoms with E-state index in [-0.39, 0.29) is 36.4 Å². The Kier molecular flexibility index (Phi) is 7.05. The van der Waals surface area contributed by atoms with Gasteiger partial charge in [0.05, 0.1) is 0 Å². The summed E-state index contributed by atoms with van der Waals surface area (Å²) in [5.74, 6) is -1.41. The van der Waals surface area contributed by atoms with Gasteiger partial charge >= 0.3 is 0 Å². The summed E-state index contributed by atoms with van der Waals surface area (Å²) in [6, 6.07) is 11.9. The van der Waals surface area contributed by atoms with Crippen LogP contribution in [0.5, 0.6) is 0 Å². The summed E-state index contributed by atoms with van der Waals surface area (Å²) in [5, 5.41) is 8.03. The van der Waals surface area contributed by atoms with Crippen molar-refractivity contribution in [1.29, 1.82) is 0 Å². The first-order chi connectivity index (χ1) is 12.9. The first-order valence-electron chi connectivity index (χ1n) is 8.59.